The number of hydrogen-bond donors (Lipinski definition) is 1. The average Bonchev–Trinajstić information content (AvgIpc) is 2.40. The fraction of sp³-hybridized carbons (Fsp3) is 0.385. The Kier molecular flexibility index (Phi) is 3.65. The van der Waals surface area contributed by atoms with Crippen LogP contribution in [0, 0.1) is 23.0 Å². The number of nitrogens with one attached hydrogen (secondary N) is 1. The van der Waals surface area contributed by atoms with Crippen molar-refractivity contribution in [1.29, 1.82) is 5.26 Å². The molecule has 4 nitrogen and oxygen atoms in total. The van der Waals surface area contributed by atoms with Gasteiger partial charge in [0, 0.05) is 26.1 Å². The van der Waals surface area contributed by atoms with E-state index < -0.39 is 11.6 Å². The fourth-order valence-electron chi connectivity index (χ4n) is 2.10. The number of carbonyl (C=O) groups excluding carboxylic acids is 1. The van der Waals surface area contributed by atoms with E-state index in [4.69, 9.17) is 5.26 Å². The van der Waals surface area contributed by atoms with Crippen molar-refractivity contribution in [2.45, 2.75) is 18.9 Å². The summed E-state index contributed by atoms with van der Waals surface area (Å²) in [5, 5.41) is 11.5. The number of rotatable bonds is 2. The lowest BCUT2D eigenvalue weighted by molar-refractivity contribution is -0.132. The van der Waals surface area contributed by atoms with Crippen molar-refractivity contribution in [1.82, 2.24) is 4.90 Å². The van der Waals surface area contributed by atoms with Crippen LogP contribution in [0.2, 0.25) is 0 Å². The molecule has 1 heterocycles. The molecule has 0 aliphatic carbocycles. The van der Waals surface area contributed by atoms with E-state index in [-0.39, 0.29) is 23.2 Å². The molecule has 1 aliphatic heterocycles. The number of likely N-dealkylation sites (N-methyl/N-ethyl adjacent to an activating group) is 1. The summed E-state index contributed by atoms with van der Waals surface area (Å²) in [4.78, 5) is 12.9. The lowest BCUT2D eigenvalue weighted by Gasteiger charge is -2.30. The number of amides is 1. The predicted octanol–water partition coefficient (Wildman–Crippen LogP) is 1.87. The van der Waals surface area contributed by atoms with Crippen LogP contribution in [-0.2, 0) is 4.79 Å². The summed E-state index contributed by atoms with van der Waals surface area (Å²) in [7, 11) is 1.67. The molecule has 1 fully saturated rings. The second-order valence-electron chi connectivity index (χ2n) is 4.55. The standard InChI is InChI=1S/C13H13F2N3O/c1-18-7-9(3-5-11(18)19)17-10-4-2-8(6-16)12(14)13(10)15/h2,4,9,17H,3,5,7H2,1H3. The molecule has 6 heteroatoms. The van der Waals surface area contributed by atoms with Crippen LogP contribution in [0.1, 0.15) is 18.4 Å². The second kappa shape index (κ2) is 5.22. The van der Waals surface area contributed by atoms with Gasteiger partial charge in [0.15, 0.2) is 11.6 Å². The van der Waals surface area contributed by atoms with E-state index in [0.29, 0.717) is 19.4 Å². The highest BCUT2D eigenvalue weighted by atomic mass is 19.2. The Hall–Kier alpha value is -2.16. The molecule has 1 unspecified atom stereocenters. The molecule has 0 spiro atoms. The van der Waals surface area contributed by atoms with Crippen LogP contribution in [0.3, 0.4) is 0 Å². The van der Waals surface area contributed by atoms with E-state index in [0.717, 1.165) is 0 Å². The minimum Gasteiger partial charge on any atom is -0.378 e. The highest BCUT2D eigenvalue weighted by Gasteiger charge is 2.24. The summed E-state index contributed by atoms with van der Waals surface area (Å²) >= 11 is 0. The van der Waals surface area contributed by atoms with Gasteiger partial charge in [0.25, 0.3) is 0 Å². The summed E-state index contributed by atoms with van der Waals surface area (Å²) in [5.41, 5.74) is -0.303. The highest BCUT2D eigenvalue weighted by Crippen LogP contribution is 2.23. The van der Waals surface area contributed by atoms with Crippen molar-refractivity contribution in [2.75, 3.05) is 18.9 Å². The van der Waals surface area contributed by atoms with E-state index in [1.807, 2.05) is 0 Å². The molecule has 1 atom stereocenters. The summed E-state index contributed by atoms with van der Waals surface area (Å²) in [5.74, 6) is -2.16. The van der Waals surface area contributed by atoms with Gasteiger partial charge in [-0.2, -0.15) is 5.26 Å². The van der Waals surface area contributed by atoms with Gasteiger partial charge in [-0.15, -0.1) is 0 Å². The lowest BCUT2D eigenvalue weighted by Crippen LogP contribution is -2.43. The van der Waals surface area contributed by atoms with Gasteiger partial charge in [0.05, 0.1) is 11.3 Å². The molecule has 1 saturated heterocycles. The molecule has 0 radical (unpaired) electrons. The number of hydrogen-bond acceptors (Lipinski definition) is 3. The zero-order valence-corrected chi connectivity index (χ0v) is 10.4. The first-order valence-electron chi connectivity index (χ1n) is 5.91. The molecule has 0 saturated carbocycles. The number of nitriles is 1. The Morgan fingerprint density at radius 3 is 2.79 bits per heavy atom. The van der Waals surface area contributed by atoms with E-state index in [9.17, 15) is 13.6 Å². The number of benzene rings is 1. The summed E-state index contributed by atoms with van der Waals surface area (Å²) in [6.07, 6.45) is 0.957. The van der Waals surface area contributed by atoms with Crippen LogP contribution in [0.15, 0.2) is 12.1 Å². The van der Waals surface area contributed by atoms with Crippen molar-refractivity contribution in [3.8, 4) is 6.07 Å². The molecule has 1 aromatic carbocycles. The Morgan fingerprint density at radius 1 is 1.42 bits per heavy atom. The van der Waals surface area contributed by atoms with Crippen LogP contribution in [0.5, 0.6) is 0 Å². The minimum absolute atomic E-state index is 0.0178. The van der Waals surface area contributed by atoms with Crippen molar-refractivity contribution in [2.24, 2.45) is 0 Å². The van der Waals surface area contributed by atoms with Crippen molar-refractivity contribution < 1.29 is 13.6 Å². The maximum absolute atomic E-state index is 13.7. The third-order valence-electron chi connectivity index (χ3n) is 3.19. The number of anilines is 1. The molecule has 100 valence electrons. The van der Waals surface area contributed by atoms with E-state index in [1.54, 1.807) is 18.0 Å². The Balaban J connectivity index is 2.14. The average molecular weight is 265 g/mol. The molecule has 2 rings (SSSR count). The number of nitrogens with zero attached hydrogens (tertiary/aromatic N) is 2. The first kappa shape index (κ1) is 13.3. The van der Waals surface area contributed by atoms with Crippen LogP contribution in [-0.4, -0.2) is 30.4 Å². The highest BCUT2D eigenvalue weighted by molar-refractivity contribution is 5.77. The third kappa shape index (κ3) is 2.65. The largest absolute Gasteiger partial charge is 0.378 e. The van der Waals surface area contributed by atoms with Crippen molar-refractivity contribution >= 4 is 11.6 Å². The molecule has 0 bridgehead atoms. The number of carbonyl (C=O) groups is 1. The maximum atomic E-state index is 13.7. The number of likely N-dealkylation sites (tertiary alicyclic amines) is 1. The number of halogens is 2. The first-order valence-corrected chi connectivity index (χ1v) is 5.91. The quantitative estimate of drug-likeness (QED) is 0.888. The van der Waals surface area contributed by atoms with Crippen molar-refractivity contribution in [3.63, 3.8) is 0 Å². The Morgan fingerprint density at radius 2 is 2.16 bits per heavy atom. The third-order valence-corrected chi connectivity index (χ3v) is 3.19. The Labute approximate surface area is 109 Å². The topological polar surface area (TPSA) is 56.1 Å². The van der Waals surface area contributed by atoms with E-state index in [2.05, 4.69) is 5.32 Å². The van der Waals surface area contributed by atoms with Gasteiger partial charge in [-0.05, 0) is 18.6 Å². The van der Waals surface area contributed by atoms with Crippen LogP contribution < -0.4 is 5.32 Å². The van der Waals surface area contributed by atoms with Crippen LogP contribution in [0.4, 0.5) is 14.5 Å². The van der Waals surface area contributed by atoms with Gasteiger partial charge in [-0.1, -0.05) is 0 Å². The SMILES string of the molecule is CN1CC(Nc2ccc(C#N)c(F)c2F)CCC1=O. The first-order chi connectivity index (χ1) is 9.02. The van der Waals surface area contributed by atoms with Gasteiger partial charge in [0.2, 0.25) is 5.91 Å². The van der Waals surface area contributed by atoms with Gasteiger partial charge < -0.3 is 10.2 Å². The summed E-state index contributed by atoms with van der Waals surface area (Å²) in [6.45, 7) is 0.444. The molecule has 1 N–H and O–H groups in total. The lowest BCUT2D eigenvalue weighted by atomic mass is 10.0. The molecular weight excluding hydrogens is 252 g/mol. The number of piperidine rings is 1. The molecule has 1 amide bonds. The van der Waals surface area contributed by atoms with Gasteiger partial charge in [0.1, 0.15) is 6.07 Å². The second-order valence-corrected chi connectivity index (χ2v) is 4.55. The summed E-state index contributed by atoms with van der Waals surface area (Å²) < 4.78 is 27.2. The van der Waals surface area contributed by atoms with Crippen molar-refractivity contribution in [3.05, 3.63) is 29.3 Å². The molecule has 1 aromatic rings. The zero-order valence-electron chi connectivity index (χ0n) is 10.4. The fourth-order valence-corrected chi connectivity index (χ4v) is 2.10. The zero-order chi connectivity index (χ0) is 14.0. The molecule has 0 aromatic heterocycles. The summed E-state index contributed by atoms with van der Waals surface area (Å²) in [6, 6.07) is 4.04. The van der Waals surface area contributed by atoms with Crippen LogP contribution >= 0.6 is 0 Å². The monoisotopic (exact) mass is 265 g/mol. The molecule has 19 heavy (non-hydrogen) atoms. The minimum atomic E-state index is -1.15. The maximum Gasteiger partial charge on any atom is 0.222 e. The Bertz CT molecular complexity index is 554. The predicted molar refractivity (Wildman–Crippen MR) is 65.4 cm³/mol. The smallest absolute Gasteiger partial charge is 0.222 e. The van der Waals surface area contributed by atoms with Gasteiger partial charge >= 0.3 is 0 Å². The van der Waals surface area contributed by atoms with E-state index >= 15 is 0 Å². The van der Waals surface area contributed by atoms with Gasteiger partial charge in [-0.25, -0.2) is 8.78 Å². The normalized spacial score (nSPS) is 19.2. The van der Waals surface area contributed by atoms with Crippen LogP contribution in [0.25, 0.3) is 0 Å². The molecular formula is C13H13F2N3O. The van der Waals surface area contributed by atoms with E-state index in [1.165, 1.54) is 12.1 Å². The van der Waals surface area contributed by atoms with Gasteiger partial charge in [-0.3, -0.25) is 4.79 Å². The molecule has 1 aliphatic rings.